The molecule has 3 fully saturated rings. The van der Waals surface area contributed by atoms with E-state index in [1.165, 1.54) is 44.3 Å². The number of piperidine rings is 2. The van der Waals surface area contributed by atoms with Gasteiger partial charge in [0.15, 0.2) is 0 Å². The van der Waals surface area contributed by atoms with E-state index in [9.17, 15) is 4.79 Å². The van der Waals surface area contributed by atoms with Crippen molar-refractivity contribution in [3.63, 3.8) is 0 Å². The highest BCUT2D eigenvalue weighted by Gasteiger charge is 2.43. The van der Waals surface area contributed by atoms with Gasteiger partial charge in [0.25, 0.3) is 0 Å². The van der Waals surface area contributed by atoms with Crippen LogP contribution in [-0.2, 0) is 11.3 Å². The predicted molar refractivity (Wildman–Crippen MR) is 103 cm³/mol. The summed E-state index contributed by atoms with van der Waals surface area (Å²) in [5.74, 6) is 1.59. The summed E-state index contributed by atoms with van der Waals surface area (Å²) in [7, 11) is 0. The summed E-state index contributed by atoms with van der Waals surface area (Å²) in [5, 5.41) is 0. The lowest BCUT2D eigenvalue weighted by Crippen LogP contribution is -2.56. The second-order valence-corrected chi connectivity index (χ2v) is 9.12. The molecule has 3 aliphatic rings. The van der Waals surface area contributed by atoms with E-state index in [2.05, 4.69) is 39.4 Å². The van der Waals surface area contributed by atoms with Crippen LogP contribution in [0.25, 0.3) is 0 Å². The summed E-state index contributed by atoms with van der Waals surface area (Å²) in [6, 6.07) is 0.978. The van der Waals surface area contributed by atoms with Crippen molar-refractivity contribution in [1.82, 2.24) is 19.4 Å². The number of rotatable bonds is 4. The Morgan fingerprint density at radius 1 is 1.19 bits per heavy atom. The molecule has 2 saturated heterocycles. The molecule has 1 aromatic rings. The predicted octanol–water partition coefficient (Wildman–Crippen LogP) is 3.61. The van der Waals surface area contributed by atoms with Crippen molar-refractivity contribution in [3.8, 4) is 0 Å². The molecule has 1 aromatic heterocycles. The molecule has 144 valence electrons. The lowest BCUT2D eigenvalue weighted by atomic mass is 9.73. The van der Waals surface area contributed by atoms with Crippen LogP contribution < -0.4 is 0 Å². The van der Waals surface area contributed by atoms with E-state index in [1.807, 2.05) is 6.20 Å². The lowest BCUT2D eigenvalue weighted by Gasteiger charge is -2.49. The molecule has 5 nitrogen and oxygen atoms in total. The van der Waals surface area contributed by atoms with Gasteiger partial charge in [0.05, 0.1) is 6.54 Å². The standard InChI is InChI=1S/C21H34N4O/c1-17(2)24-13-11-22-19(24)14-23-12-5-9-21(15-23)10-8-20(26)25(16-21)18-6-3-4-7-18/h11,13,17-18H,3-10,12,14-16H2,1-2H3/t21-/m1/s1. The maximum Gasteiger partial charge on any atom is 0.222 e. The molecule has 0 bridgehead atoms. The average molecular weight is 359 g/mol. The monoisotopic (exact) mass is 358 g/mol. The number of nitrogens with zero attached hydrogens (tertiary/aromatic N) is 4. The summed E-state index contributed by atoms with van der Waals surface area (Å²) >= 11 is 0. The highest BCUT2D eigenvalue weighted by Crippen LogP contribution is 2.41. The minimum atomic E-state index is 0.310. The van der Waals surface area contributed by atoms with Gasteiger partial charge in [-0.25, -0.2) is 4.98 Å². The molecular weight excluding hydrogens is 324 g/mol. The van der Waals surface area contributed by atoms with Crippen LogP contribution in [0.15, 0.2) is 12.4 Å². The van der Waals surface area contributed by atoms with E-state index in [4.69, 9.17) is 0 Å². The zero-order chi connectivity index (χ0) is 18.1. The van der Waals surface area contributed by atoms with Crippen molar-refractivity contribution >= 4 is 5.91 Å². The van der Waals surface area contributed by atoms with Crippen LogP contribution in [0.2, 0.25) is 0 Å². The topological polar surface area (TPSA) is 41.4 Å². The molecule has 2 aliphatic heterocycles. The first-order chi connectivity index (χ1) is 12.6. The van der Waals surface area contributed by atoms with E-state index in [-0.39, 0.29) is 0 Å². The van der Waals surface area contributed by atoms with Gasteiger partial charge < -0.3 is 9.47 Å². The third kappa shape index (κ3) is 3.55. The van der Waals surface area contributed by atoms with Gasteiger partial charge in [-0.3, -0.25) is 9.69 Å². The second-order valence-electron chi connectivity index (χ2n) is 9.12. The minimum Gasteiger partial charge on any atom is -0.339 e. The van der Waals surface area contributed by atoms with Crippen LogP contribution in [0.4, 0.5) is 0 Å². The summed E-state index contributed by atoms with van der Waals surface area (Å²) in [6.07, 6.45) is 13.4. The number of hydrogen-bond acceptors (Lipinski definition) is 3. The molecule has 3 heterocycles. The number of amides is 1. The highest BCUT2D eigenvalue weighted by atomic mass is 16.2. The van der Waals surface area contributed by atoms with Gasteiger partial charge in [-0.15, -0.1) is 0 Å². The SMILES string of the molecule is CC(C)n1ccnc1CN1CCC[C@@]2(CCC(=O)N(C3CCCC3)C2)C1. The summed E-state index contributed by atoms with van der Waals surface area (Å²) in [6.45, 7) is 8.64. The summed E-state index contributed by atoms with van der Waals surface area (Å²) in [4.78, 5) is 22.0. The summed E-state index contributed by atoms with van der Waals surface area (Å²) in [5.41, 5.74) is 0.310. The molecule has 1 spiro atoms. The van der Waals surface area contributed by atoms with E-state index < -0.39 is 0 Å². The van der Waals surface area contributed by atoms with E-state index in [0.717, 1.165) is 39.0 Å². The Morgan fingerprint density at radius 2 is 2.00 bits per heavy atom. The highest BCUT2D eigenvalue weighted by molar-refractivity contribution is 5.77. The van der Waals surface area contributed by atoms with Crippen LogP contribution in [-0.4, -0.2) is 50.9 Å². The fourth-order valence-electron chi connectivity index (χ4n) is 5.51. The fraction of sp³-hybridized carbons (Fsp3) is 0.810. The van der Waals surface area contributed by atoms with Gasteiger partial charge in [0.1, 0.15) is 5.82 Å². The minimum absolute atomic E-state index is 0.310. The molecule has 1 saturated carbocycles. The number of likely N-dealkylation sites (tertiary alicyclic amines) is 2. The Balaban J connectivity index is 1.45. The van der Waals surface area contributed by atoms with Gasteiger partial charge in [-0.2, -0.15) is 0 Å². The van der Waals surface area contributed by atoms with Crippen molar-refractivity contribution in [2.45, 2.75) is 83.8 Å². The third-order valence-electron chi connectivity index (χ3n) is 6.87. The Morgan fingerprint density at radius 3 is 2.77 bits per heavy atom. The van der Waals surface area contributed by atoms with Crippen molar-refractivity contribution in [2.24, 2.45) is 5.41 Å². The molecule has 1 aliphatic carbocycles. The number of carbonyl (C=O) groups excluding carboxylic acids is 1. The van der Waals surface area contributed by atoms with Crippen LogP contribution in [0.5, 0.6) is 0 Å². The molecule has 0 radical (unpaired) electrons. The number of imidazole rings is 1. The van der Waals surface area contributed by atoms with Gasteiger partial charge in [0, 0.05) is 49.4 Å². The van der Waals surface area contributed by atoms with Crippen molar-refractivity contribution < 1.29 is 4.79 Å². The third-order valence-corrected chi connectivity index (χ3v) is 6.87. The smallest absolute Gasteiger partial charge is 0.222 e. The van der Waals surface area contributed by atoms with Crippen LogP contribution >= 0.6 is 0 Å². The maximum absolute atomic E-state index is 12.6. The Labute approximate surface area is 157 Å². The molecule has 4 rings (SSSR count). The van der Waals surface area contributed by atoms with Crippen molar-refractivity contribution in [3.05, 3.63) is 18.2 Å². The molecule has 0 N–H and O–H groups in total. The molecule has 0 aromatic carbocycles. The zero-order valence-electron chi connectivity index (χ0n) is 16.5. The van der Waals surface area contributed by atoms with E-state index in [0.29, 0.717) is 23.4 Å². The molecule has 0 unspecified atom stereocenters. The van der Waals surface area contributed by atoms with Crippen molar-refractivity contribution in [2.75, 3.05) is 19.6 Å². The quantitative estimate of drug-likeness (QED) is 0.826. The van der Waals surface area contributed by atoms with Gasteiger partial charge in [-0.05, 0) is 52.5 Å². The molecule has 5 heteroatoms. The van der Waals surface area contributed by atoms with Gasteiger partial charge in [0.2, 0.25) is 5.91 Å². The first-order valence-electron chi connectivity index (χ1n) is 10.6. The van der Waals surface area contributed by atoms with Crippen LogP contribution in [0.3, 0.4) is 0 Å². The van der Waals surface area contributed by atoms with E-state index in [1.54, 1.807) is 0 Å². The lowest BCUT2D eigenvalue weighted by molar-refractivity contribution is -0.142. The first-order valence-corrected chi connectivity index (χ1v) is 10.6. The number of carbonyl (C=O) groups is 1. The van der Waals surface area contributed by atoms with Crippen LogP contribution in [0, 0.1) is 5.41 Å². The van der Waals surface area contributed by atoms with Crippen LogP contribution in [0.1, 0.15) is 77.1 Å². The Bertz CT molecular complexity index is 634. The molecule has 26 heavy (non-hydrogen) atoms. The largest absolute Gasteiger partial charge is 0.339 e. The molecule has 1 amide bonds. The number of aromatic nitrogens is 2. The normalized spacial score (nSPS) is 28.6. The second kappa shape index (κ2) is 7.34. The number of hydrogen-bond donors (Lipinski definition) is 0. The maximum atomic E-state index is 12.6. The molecule has 1 atom stereocenters. The fourth-order valence-corrected chi connectivity index (χ4v) is 5.51. The summed E-state index contributed by atoms with van der Waals surface area (Å²) < 4.78 is 2.29. The van der Waals surface area contributed by atoms with Gasteiger partial charge >= 0.3 is 0 Å². The average Bonchev–Trinajstić information content (AvgIpc) is 3.29. The molecular formula is C21H34N4O. The Hall–Kier alpha value is -1.36. The first kappa shape index (κ1) is 18.0. The van der Waals surface area contributed by atoms with Gasteiger partial charge in [-0.1, -0.05) is 12.8 Å². The Kier molecular flexibility index (Phi) is 5.09. The zero-order valence-corrected chi connectivity index (χ0v) is 16.5. The van der Waals surface area contributed by atoms with E-state index >= 15 is 0 Å². The van der Waals surface area contributed by atoms with Crippen molar-refractivity contribution in [1.29, 1.82) is 0 Å².